The molecule has 1 aliphatic rings. The second-order valence-corrected chi connectivity index (χ2v) is 9.27. The number of carbonyl (C=O) groups excluding carboxylic acids is 2. The van der Waals surface area contributed by atoms with E-state index in [0.717, 1.165) is 16.9 Å². The smallest absolute Gasteiger partial charge is 0.382 e. The van der Waals surface area contributed by atoms with Gasteiger partial charge in [-0.05, 0) is 38.1 Å². The predicted molar refractivity (Wildman–Crippen MR) is 134 cm³/mol. The fourth-order valence-electron chi connectivity index (χ4n) is 4.77. The zero-order valence-corrected chi connectivity index (χ0v) is 20.8. The summed E-state index contributed by atoms with van der Waals surface area (Å²) in [4.78, 5) is 35.3. The molecule has 1 fully saturated rings. The van der Waals surface area contributed by atoms with E-state index in [1.807, 2.05) is 0 Å². The number of nitrogens with two attached hydrogens (primary N) is 1. The predicted octanol–water partition coefficient (Wildman–Crippen LogP) is 3.60. The van der Waals surface area contributed by atoms with Crippen molar-refractivity contribution in [3.8, 4) is 11.3 Å². The number of benzene rings is 1. The lowest BCUT2D eigenvalue weighted by Crippen LogP contribution is -2.42. The second-order valence-electron chi connectivity index (χ2n) is 9.27. The van der Waals surface area contributed by atoms with Gasteiger partial charge in [-0.1, -0.05) is 18.2 Å². The quantitative estimate of drug-likeness (QED) is 0.381. The number of alkyl halides is 4. The van der Waals surface area contributed by atoms with Gasteiger partial charge in [0, 0.05) is 23.4 Å². The third-order valence-electron chi connectivity index (χ3n) is 6.69. The summed E-state index contributed by atoms with van der Waals surface area (Å²) in [6.07, 6.45) is -5.22. The Hall–Kier alpha value is -4.55. The van der Waals surface area contributed by atoms with Crippen molar-refractivity contribution in [3.05, 3.63) is 76.9 Å². The van der Waals surface area contributed by atoms with E-state index < -0.39 is 35.4 Å². The number of nitrogens with zero attached hydrogens (tertiary/aromatic N) is 5. The van der Waals surface area contributed by atoms with Crippen molar-refractivity contribution in [2.24, 2.45) is 0 Å². The molecule has 3 aromatic heterocycles. The number of likely N-dealkylation sites (tertiary alicyclic amines) is 1. The highest BCUT2D eigenvalue weighted by atomic mass is 19.4. The molecule has 0 spiro atoms. The van der Waals surface area contributed by atoms with E-state index in [0.29, 0.717) is 17.0 Å². The Bertz CT molecular complexity index is 1590. The summed E-state index contributed by atoms with van der Waals surface area (Å²) in [5.74, 6) is -1.38. The maximum absolute atomic E-state index is 14.9. The van der Waals surface area contributed by atoms with Crippen LogP contribution in [-0.4, -0.2) is 61.6 Å². The number of nitrogens with one attached hydrogen (secondary N) is 1. The Labute approximate surface area is 219 Å². The molecule has 0 unspecified atom stereocenters. The highest BCUT2D eigenvalue weighted by molar-refractivity contribution is 5.97. The number of hydrogen-bond donors (Lipinski definition) is 2. The van der Waals surface area contributed by atoms with E-state index in [1.54, 1.807) is 44.2 Å². The largest absolute Gasteiger partial charge is 0.418 e. The monoisotopic (exact) mass is 541 g/mol. The number of pyridine rings is 1. The van der Waals surface area contributed by atoms with Gasteiger partial charge in [-0.15, -0.1) is 0 Å². The number of rotatable bonds is 4. The highest BCUT2D eigenvalue weighted by Crippen LogP contribution is 2.39. The summed E-state index contributed by atoms with van der Waals surface area (Å²) < 4.78 is 57.3. The molecular formula is C26H23F4N7O2. The number of aromatic nitrogens is 4. The van der Waals surface area contributed by atoms with Crippen LogP contribution < -0.4 is 11.1 Å². The van der Waals surface area contributed by atoms with Gasteiger partial charge in [-0.3, -0.25) is 14.6 Å². The molecule has 0 aliphatic carbocycles. The normalized spacial score (nSPS) is 17.5. The molecule has 3 N–H and O–H groups in total. The van der Waals surface area contributed by atoms with Gasteiger partial charge in [0.1, 0.15) is 18.0 Å². The van der Waals surface area contributed by atoms with Crippen LogP contribution in [0.2, 0.25) is 0 Å². The molecule has 9 nitrogen and oxygen atoms in total. The van der Waals surface area contributed by atoms with E-state index >= 15 is 0 Å². The zero-order valence-electron chi connectivity index (χ0n) is 20.8. The second kappa shape index (κ2) is 9.64. The van der Waals surface area contributed by atoms with Crippen molar-refractivity contribution >= 4 is 23.1 Å². The molecule has 0 bridgehead atoms. The molecule has 0 saturated carbocycles. The summed E-state index contributed by atoms with van der Waals surface area (Å²) in [5, 5.41) is 6.56. The first-order valence-corrected chi connectivity index (χ1v) is 11.9. The molecule has 202 valence electrons. The van der Waals surface area contributed by atoms with E-state index in [4.69, 9.17) is 5.73 Å². The van der Waals surface area contributed by atoms with Crippen molar-refractivity contribution < 1.29 is 27.2 Å². The first-order valence-electron chi connectivity index (χ1n) is 11.9. The van der Waals surface area contributed by atoms with Crippen LogP contribution in [-0.2, 0) is 6.18 Å². The van der Waals surface area contributed by atoms with E-state index in [9.17, 15) is 27.2 Å². The Balaban J connectivity index is 1.45. The van der Waals surface area contributed by atoms with Gasteiger partial charge in [-0.2, -0.15) is 18.3 Å². The molecule has 0 radical (unpaired) electrons. The minimum absolute atomic E-state index is 0.00865. The number of fused-ring (bicyclic) bond motifs is 1. The number of amides is 2. The minimum atomic E-state index is -4.74. The number of aryl methyl sites for hydroxylation is 2. The van der Waals surface area contributed by atoms with Crippen molar-refractivity contribution in [1.82, 2.24) is 29.8 Å². The van der Waals surface area contributed by atoms with Crippen molar-refractivity contribution in [3.63, 3.8) is 0 Å². The standard InChI is InChI=1S/C26H23F4N7O2/c1-13-16(21-9-18(26(28,29)30)22-23(31)32-12-33-37(21)22)8-17(14(2)34-13)24(38)35-20-11-36(10-19(20)27)25(39)15-6-4-3-5-7-15/h3-9,12,19-20H,10-11H2,1-2H3,(H,35,38)(H2,31,32,33)/t19-,20+/m0/s1. The topological polar surface area (TPSA) is 119 Å². The number of nitrogen functional groups attached to an aromatic ring is 1. The Morgan fingerprint density at radius 1 is 1.08 bits per heavy atom. The molecular weight excluding hydrogens is 518 g/mol. The fourth-order valence-corrected chi connectivity index (χ4v) is 4.77. The Morgan fingerprint density at radius 3 is 2.49 bits per heavy atom. The lowest BCUT2D eigenvalue weighted by Gasteiger charge is -2.18. The third kappa shape index (κ3) is 4.75. The van der Waals surface area contributed by atoms with Crippen LogP contribution in [0, 0.1) is 13.8 Å². The number of anilines is 1. The molecule has 4 heterocycles. The van der Waals surface area contributed by atoms with Gasteiger partial charge in [-0.25, -0.2) is 13.9 Å². The lowest BCUT2D eigenvalue weighted by molar-refractivity contribution is -0.136. The van der Waals surface area contributed by atoms with E-state index in [-0.39, 0.29) is 41.6 Å². The van der Waals surface area contributed by atoms with Crippen LogP contribution in [0.3, 0.4) is 0 Å². The minimum Gasteiger partial charge on any atom is -0.382 e. The van der Waals surface area contributed by atoms with Gasteiger partial charge in [0.05, 0.1) is 35.1 Å². The third-order valence-corrected chi connectivity index (χ3v) is 6.69. The summed E-state index contributed by atoms with van der Waals surface area (Å²) in [6.45, 7) is 2.92. The van der Waals surface area contributed by atoms with Crippen molar-refractivity contribution in [1.29, 1.82) is 0 Å². The molecule has 13 heteroatoms. The van der Waals surface area contributed by atoms with Gasteiger partial charge in [0.15, 0.2) is 5.82 Å². The van der Waals surface area contributed by atoms with Crippen LogP contribution in [0.25, 0.3) is 16.8 Å². The SMILES string of the molecule is Cc1nc(C)c(-c2cc(C(F)(F)F)c3c(N)ncnn23)cc1C(=O)N[C@@H]1CN(C(=O)c2ccccc2)C[C@@H]1F. The maximum Gasteiger partial charge on any atom is 0.418 e. The molecule has 4 aromatic rings. The van der Waals surface area contributed by atoms with Gasteiger partial charge < -0.3 is 16.0 Å². The highest BCUT2D eigenvalue weighted by Gasteiger charge is 2.38. The summed E-state index contributed by atoms with van der Waals surface area (Å²) in [5.41, 5.74) is 5.60. The molecule has 1 aromatic carbocycles. The first-order chi connectivity index (χ1) is 18.5. The van der Waals surface area contributed by atoms with Gasteiger partial charge in [0.2, 0.25) is 0 Å². The first kappa shape index (κ1) is 26.1. The Morgan fingerprint density at radius 2 is 1.79 bits per heavy atom. The van der Waals surface area contributed by atoms with Crippen LogP contribution in [0.5, 0.6) is 0 Å². The maximum atomic E-state index is 14.9. The Kier molecular flexibility index (Phi) is 6.44. The summed E-state index contributed by atoms with van der Waals surface area (Å²) >= 11 is 0. The summed E-state index contributed by atoms with van der Waals surface area (Å²) in [7, 11) is 0. The summed E-state index contributed by atoms with van der Waals surface area (Å²) in [6, 6.07) is 9.70. The molecule has 2 amide bonds. The molecule has 2 atom stereocenters. The van der Waals surface area contributed by atoms with E-state index in [1.165, 1.54) is 11.0 Å². The van der Waals surface area contributed by atoms with Crippen molar-refractivity contribution in [2.75, 3.05) is 18.8 Å². The van der Waals surface area contributed by atoms with Crippen LogP contribution >= 0.6 is 0 Å². The van der Waals surface area contributed by atoms with Crippen LogP contribution in [0.15, 0.2) is 48.8 Å². The van der Waals surface area contributed by atoms with Crippen LogP contribution in [0.1, 0.15) is 37.7 Å². The average molecular weight is 542 g/mol. The molecule has 5 rings (SSSR count). The average Bonchev–Trinajstić information content (AvgIpc) is 3.46. The van der Waals surface area contributed by atoms with Gasteiger partial charge in [0.25, 0.3) is 11.8 Å². The van der Waals surface area contributed by atoms with E-state index in [2.05, 4.69) is 20.4 Å². The molecule has 1 saturated heterocycles. The van der Waals surface area contributed by atoms with Crippen LogP contribution in [0.4, 0.5) is 23.4 Å². The number of halogens is 4. The van der Waals surface area contributed by atoms with Crippen molar-refractivity contribution in [2.45, 2.75) is 32.2 Å². The number of hydrogen-bond acceptors (Lipinski definition) is 6. The lowest BCUT2D eigenvalue weighted by atomic mass is 10.0. The fraction of sp³-hybridized carbons (Fsp3) is 0.269. The molecule has 39 heavy (non-hydrogen) atoms. The molecule has 1 aliphatic heterocycles. The number of carbonyl (C=O) groups is 2. The van der Waals surface area contributed by atoms with Gasteiger partial charge >= 0.3 is 6.18 Å². The zero-order chi connectivity index (χ0) is 28.1.